The Morgan fingerprint density at radius 1 is 1.16 bits per heavy atom. The van der Waals surface area contributed by atoms with E-state index in [1.54, 1.807) is 53.1 Å². The third-order valence-electron chi connectivity index (χ3n) is 5.12. The molecule has 0 spiro atoms. The summed E-state index contributed by atoms with van der Waals surface area (Å²) in [5.41, 5.74) is 3.98. The third kappa shape index (κ3) is 3.36. The number of halogens is 1. The van der Waals surface area contributed by atoms with Gasteiger partial charge in [0.25, 0.3) is 5.56 Å². The van der Waals surface area contributed by atoms with Crippen LogP contribution in [0.3, 0.4) is 0 Å². The fourth-order valence-corrected chi connectivity index (χ4v) is 3.62. The summed E-state index contributed by atoms with van der Waals surface area (Å²) in [5, 5.41) is 13.1. The Morgan fingerprint density at radius 3 is 2.74 bits per heavy atom. The highest BCUT2D eigenvalue weighted by atomic mass is 19.1. The molecule has 1 N–H and O–H groups in total. The molecule has 10 heteroatoms. The minimum Gasteiger partial charge on any atom is -0.378 e. The Labute approximate surface area is 175 Å². The largest absolute Gasteiger partial charge is 0.378 e. The number of methoxy groups -OCH3 is 1. The van der Waals surface area contributed by atoms with E-state index < -0.39 is 0 Å². The zero-order chi connectivity index (χ0) is 21.4. The second-order valence-electron chi connectivity index (χ2n) is 7.07. The van der Waals surface area contributed by atoms with Crippen LogP contribution in [0.5, 0.6) is 0 Å². The van der Waals surface area contributed by atoms with Gasteiger partial charge >= 0.3 is 0 Å². The number of rotatable bonds is 6. The molecule has 1 aromatic carbocycles. The van der Waals surface area contributed by atoms with Gasteiger partial charge < -0.3 is 14.3 Å². The molecule has 0 radical (unpaired) electrons. The van der Waals surface area contributed by atoms with E-state index in [4.69, 9.17) is 4.74 Å². The van der Waals surface area contributed by atoms with E-state index in [2.05, 4.69) is 25.3 Å². The van der Waals surface area contributed by atoms with Crippen LogP contribution < -0.4 is 5.56 Å². The normalized spacial score (nSPS) is 11.5. The van der Waals surface area contributed by atoms with Crippen molar-refractivity contribution in [1.29, 1.82) is 0 Å². The number of hydrogen-bond acceptors (Lipinski definition) is 6. The van der Waals surface area contributed by atoms with Gasteiger partial charge in [0.05, 0.1) is 24.2 Å². The van der Waals surface area contributed by atoms with Crippen LogP contribution >= 0.6 is 0 Å². The number of fused-ring (bicyclic) bond motifs is 3. The van der Waals surface area contributed by atoms with Crippen molar-refractivity contribution in [2.45, 2.75) is 19.6 Å². The molecule has 0 aliphatic heterocycles. The van der Waals surface area contributed by atoms with Crippen LogP contribution in [-0.4, -0.2) is 41.5 Å². The molecule has 4 aromatic heterocycles. The van der Waals surface area contributed by atoms with Gasteiger partial charge in [-0.05, 0) is 23.8 Å². The van der Waals surface area contributed by atoms with Crippen molar-refractivity contribution < 1.29 is 9.13 Å². The number of nitrogens with one attached hydrogen (secondary N) is 1. The van der Waals surface area contributed by atoms with Crippen LogP contribution in [0.15, 0.2) is 53.8 Å². The van der Waals surface area contributed by atoms with Gasteiger partial charge in [0, 0.05) is 38.2 Å². The van der Waals surface area contributed by atoms with Crippen molar-refractivity contribution in [3.8, 4) is 11.1 Å². The van der Waals surface area contributed by atoms with Gasteiger partial charge in [-0.2, -0.15) is 5.10 Å². The average Bonchev–Trinajstić information content (AvgIpc) is 3.42. The van der Waals surface area contributed by atoms with Crippen molar-refractivity contribution in [2.75, 3.05) is 7.11 Å². The molecule has 0 aliphatic carbocycles. The molecule has 9 nitrogen and oxygen atoms in total. The monoisotopic (exact) mass is 419 g/mol. The lowest BCUT2D eigenvalue weighted by atomic mass is 10.1. The predicted molar refractivity (Wildman–Crippen MR) is 111 cm³/mol. The van der Waals surface area contributed by atoms with E-state index in [9.17, 15) is 9.18 Å². The summed E-state index contributed by atoms with van der Waals surface area (Å²) < 4.78 is 21.9. The molecule has 0 aliphatic rings. The summed E-state index contributed by atoms with van der Waals surface area (Å²) in [6.07, 6.45) is 5.69. The smallest absolute Gasteiger partial charge is 0.280 e. The van der Waals surface area contributed by atoms with E-state index in [0.29, 0.717) is 35.4 Å². The maximum atomic E-state index is 13.4. The number of aromatic nitrogens is 7. The molecule has 0 bridgehead atoms. The lowest BCUT2D eigenvalue weighted by Gasteiger charge is -2.07. The minimum atomic E-state index is -0.333. The van der Waals surface area contributed by atoms with Gasteiger partial charge in [-0.1, -0.05) is 12.1 Å². The average molecular weight is 419 g/mol. The molecule has 0 fully saturated rings. The van der Waals surface area contributed by atoms with Crippen LogP contribution in [0.4, 0.5) is 4.39 Å². The Balaban J connectivity index is 1.64. The SMILES string of the molecule is COCc1nn2c(nnc3c(=O)n(CCc4cnc[nH]4)ccc32)c1-c1ccc(F)cc1. The highest BCUT2D eigenvalue weighted by Crippen LogP contribution is 2.29. The molecule has 0 unspecified atom stereocenters. The fraction of sp³-hybridized carbons (Fsp3) is 0.190. The molecule has 0 saturated carbocycles. The van der Waals surface area contributed by atoms with E-state index in [1.165, 1.54) is 12.1 Å². The third-order valence-corrected chi connectivity index (χ3v) is 5.12. The zero-order valence-electron chi connectivity index (χ0n) is 16.6. The van der Waals surface area contributed by atoms with E-state index >= 15 is 0 Å². The number of aryl methyl sites for hydroxylation is 2. The maximum absolute atomic E-state index is 13.4. The lowest BCUT2D eigenvalue weighted by Crippen LogP contribution is -2.22. The number of benzene rings is 1. The number of nitrogens with zero attached hydrogens (tertiary/aromatic N) is 6. The predicted octanol–water partition coefficient (Wildman–Crippen LogP) is 2.36. The van der Waals surface area contributed by atoms with Crippen molar-refractivity contribution in [3.05, 3.63) is 76.6 Å². The highest BCUT2D eigenvalue weighted by molar-refractivity contribution is 5.84. The number of pyridine rings is 1. The second kappa shape index (κ2) is 7.73. The van der Waals surface area contributed by atoms with Gasteiger partial charge in [0.2, 0.25) is 0 Å². The molecule has 0 saturated heterocycles. The first-order valence-electron chi connectivity index (χ1n) is 9.65. The van der Waals surface area contributed by atoms with Crippen molar-refractivity contribution in [3.63, 3.8) is 0 Å². The van der Waals surface area contributed by atoms with Gasteiger partial charge in [-0.25, -0.2) is 13.9 Å². The summed E-state index contributed by atoms with van der Waals surface area (Å²) in [6, 6.07) is 7.86. The quantitative estimate of drug-likeness (QED) is 0.453. The summed E-state index contributed by atoms with van der Waals surface area (Å²) in [4.78, 5) is 20.0. The van der Waals surface area contributed by atoms with Crippen LogP contribution in [-0.2, 0) is 24.3 Å². The van der Waals surface area contributed by atoms with Crippen LogP contribution in [0.25, 0.3) is 27.8 Å². The molecule has 4 heterocycles. The Morgan fingerprint density at radius 2 is 2.00 bits per heavy atom. The number of hydrogen-bond donors (Lipinski definition) is 1. The Kier molecular flexibility index (Phi) is 4.75. The van der Waals surface area contributed by atoms with Crippen LogP contribution in [0.1, 0.15) is 11.4 Å². The maximum Gasteiger partial charge on any atom is 0.280 e. The lowest BCUT2D eigenvalue weighted by molar-refractivity contribution is 0.181. The standard InChI is InChI=1S/C21H18FN7O2/c1-31-11-16-18(13-2-4-14(22)5-3-13)20-26-25-19-17(29(20)27-16)7-9-28(21(19)30)8-6-15-10-23-12-24-15/h2-5,7,9-10,12H,6,8,11H2,1H3,(H,23,24). The topological polar surface area (TPSA) is 103 Å². The minimum absolute atomic E-state index is 0.219. The van der Waals surface area contributed by atoms with Gasteiger partial charge in [0.1, 0.15) is 11.3 Å². The van der Waals surface area contributed by atoms with Crippen molar-refractivity contribution in [2.24, 2.45) is 0 Å². The fourth-order valence-electron chi connectivity index (χ4n) is 3.62. The highest BCUT2D eigenvalue weighted by Gasteiger charge is 2.19. The van der Waals surface area contributed by atoms with Crippen LogP contribution in [0, 0.1) is 5.82 Å². The number of ether oxygens (including phenoxy) is 1. The molecule has 156 valence electrons. The molecule has 5 aromatic rings. The molecular formula is C21H18FN7O2. The van der Waals surface area contributed by atoms with E-state index in [1.807, 2.05) is 0 Å². The number of aromatic amines is 1. The molecule has 31 heavy (non-hydrogen) atoms. The second-order valence-corrected chi connectivity index (χ2v) is 7.07. The Hall–Kier alpha value is -3.92. The summed E-state index contributed by atoms with van der Waals surface area (Å²) in [7, 11) is 1.57. The van der Waals surface area contributed by atoms with Gasteiger partial charge in [-0.15, -0.1) is 10.2 Å². The zero-order valence-corrected chi connectivity index (χ0v) is 16.6. The Bertz CT molecular complexity index is 1420. The molecule has 0 atom stereocenters. The van der Waals surface area contributed by atoms with Gasteiger partial charge in [0.15, 0.2) is 11.2 Å². The van der Waals surface area contributed by atoms with Crippen molar-refractivity contribution >= 4 is 16.7 Å². The first-order valence-corrected chi connectivity index (χ1v) is 9.65. The van der Waals surface area contributed by atoms with Crippen LogP contribution in [0.2, 0.25) is 0 Å². The molecular weight excluding hydrogens is 401 g/mol. The first-order chi connectivity index (χ1) is 15.2. The summed E-state index contributed by atoms with van der Waals surface area (Å²) in [5.74, 6) is -0.333. The molecule has 5 rings (SSSR count). The van der Waals surface area contributed by atoms with Gasteiger partial charge in [-0.3, -0.25) is 4.79 Å². The molecule has 0 amide bonds. The van der Waals surface area contributed by atoms with Crippen molar-refractivity contribution in [1.82, 2.24) is 34.3 Å². The van der Waals surface area contributed by atoms with E-state index in [-0.39, 0.29) is 23.5 Å². The summed E-state index contributed by atoms with van der Waals surface area (Å²) >= 11 is 0. The number of H-pyrrole nitrogens is 1. The van der Waals surface area contributed by atoms with E-state index in [0.717, 1.165) is 11.3 Å². The first kappa shape index (κ1) is 19.1. The number of imidazole rings is 1. The summed E-state index contributed by atoms with van der Waals surface area (Å²) in [6.45, 7) is 0.713.